The van der Waals surface area contributed by atoms with Gasteiger partial charge in [0.25, 0.3) is 0 Å². The highest BCUT2D eigenvalue weighted by Crippen LogP contribution is 2.52. The molecule has 1 unspecified atom stereocenters. The largest absolute Gasteiger partial charge is 0.332 e. The Hall–Kier alpha value is -1.69. The van der Waals surface area contributed by atoms with E-state index in [1.54, 1.807) is 12.1 Å². The molecule has 1 atom stereocenters. The first kappa shape index (κ1) is 12.8. The molecule has 96 valence electrons. The second-order valence-corrected chi connectivity index (χ2v) is 5.90. The minimum Gasteiger partial charge on any atom is -0.324 e. The van der Waals surface area contributed by atoms with Crippen LogP contribution in [0, 0.1) is 0 Å². The minimum absolute atomic E-state index is 0.234. The number of aromatic amines is 2. The molecule has 18 heavy (non-hydrogen) atoms. The Morgan fingerprint density at radius 3 is 2.39 bits per heavy atom. The van der Waals surface area contributed by atoms with Gasteiger partial charge in [0, 0.05) is 0 Å². The third kappa shape index (κ3) is 2.15. The van der Waals surface area contributed by atoms with E-state index in [2.05, 4.69) is 9.97 Å². The summed E-state index contributed by atoms with van der Waals surface area (Å²) in [6.45, 7) is 1.36. The Labute approximate surface area is 101 Å². The zero-order valence-electron chi connectivity index (χ0n) is 9.38. The van der Waals surface area contributed by atoms with Gasteiger partial charge in [-0.15, -0.1) is 0 Å². The van der Waals surface area contributed by atoms with Crippen LogP contribution in [0.25, 0.3) is 11.0 Å². The van der Waals surface area contributed by atoms with E-state index in [4.69, 9.17) is 0 Å². The van der Waals surface area contributed by atoms with Crippen LogP contribution in [-0.4, -0.2) is 19.8 Å². The van der Waals surface area contributed by atoms with Crippen molar-refractivity contribution in [1.29, 1.82) is 0 Å². The second kappa shape index (κ2) is 4.20. The Morgan fingerprint density at radius 2 is 1.78 bits per heavy atom. The molecule has 0 spiro atoms. The van der Waals surface area contributed by atoms with E-state index in [0.717, 1.165) is 0 Å². The fraction of sp³-hybridized carbons (Fsp3) is 0.200. The molecule has 0 saturated carbocycles. The van der Waals surface area contributed by atoms with Crippen LogP contribution >= 0.6 is 7.60 Å². The molecule has 0 fully saturated rings. The number of hydrogen-bond donors (Lipinski definition) is 4. The molecule has 0 aliphatic rings. The van der Waals surface area contributed by atoms with Gasteiger partial charge in [0.1, 0.15) is 0 Å². The predicted octanol–water partition coefficient (Wildman–Crippen LogP) is 0.455. The molecule has 0 aliphatic carbocycles. The highest BCUT2D eigenvalue weighted by atomic mass is 31.2. The molecule has 1 aromatic carbocycles. The van der Waals surface area contributed by atoms with Gasteiger partial charge in [-0.05, 0) is 18.6 Å². The highest BCUT2D eigenvalue weighted by Gasteiger charge is 2.27. The van der Waals surface area contributed by atoms with Gasteiger partial charge in [0.05, 0.1) is 16.7 Å². The zero-order chi connectivity index (χ0) is 13.5. The predicted molar refractivity (Wildman–Crippen MR) is 65.6 cm³/mol. The number of rotatable bonds is 2. The fourth-order valence-electron chi connectivity index (χ4n) is 1.69. The molecule has 0 amide bonds. The molecule has 0 bridgehead atoms. The Bertz CT molecular complexity index is 757. The first-order chi connectivity index (χ1) is 8.30. The molecule has 0 aliphatic heterocycles. The van der Waals surface area contributed by atoms with E-state index in [1.807, 2.05) is 0 Å². The third-order valence-corrected chi connectivity index (χ3v) is 4.03. The van der Waals surface area contributed by atoms with Crippen LogP contribution in [0.4, 0.5) is 0 Å². The lowest BCUT2D eigenvalue weighted by atomic mass is 10.1. The van der Waals surface area contributed by atoms with E-state index in [-0.39, 0.29) is 11.1 Å². The number of fused-ring (bicyclic) bond motifs is 1. The van der Waals surface area contributed by atoms with E-state index >= 15 is 0 Å². The van der Waals surface area contributed by atoms with Crippen molar-refractivity contribution >= 4 is 18.6 Å². The van der Waals surface area contributed by atoms with E-state index in [1.165, 1.54) is 13.0 Å². The average Bonchev–Trinajstić information content (AvgIpc) is 2.28. The Morgan fingerprint density at radius 1 is 1.17 bits per heavy atom. The van der Waals surface area contributed by atoms with Crippen LogP contribution in [0.5, 0.6) is 0 Å². The SMILES string of the molecule is CC(c1cccc2[nH]c(=O)c(=O)[nH]c12)P(=O)(O)O. The standard InChI is InChI=1S/C10H11N2O5P/c1-5(18(15,16)17)6-3-2-4-7-8(6)12-10(14)9(13)11-7/h2-5H,1H3,(H,11,13)(H,12,14)(H2,15,16,17). The van der Waals surface area contributed by atoms with E-state index < -0.39 is 24.4 Å². The molecule has 8 heteroatoms. The van der Waals surface area contributed by atoms with E-state index in [0.29, 0.717) is 5.52 Å². The summed E-state index contributed by atoms with van der Waals surface area (Å²) in [5, 5.41) is 0. The first-order valence-corrected chi connectivity index (χ1v) is 6.79. The second-order valence-electron chi connectivity index (χ2n) is 3.94. The summed E-state index contributed by atoms with van der Waals surface area (Å²) >= 11 is 0. The van der Waals surface area contributed by atoms with Crippen molar-refractivity contribution in [2.24, 2.45) is 0 Å². The maximum absolute atomic E-state index is 11.3. The van der Waals surface area contributed by atoms with Gasteiger partial charge in [-0.25, -0.2) is 0 Å². The average molecular weight is 270 g/mol. The summed E-state index contributed by atoms with van der Waals surface area (Å²) in [6.07, 6.45) is 0. The van der Waals surface area contributed by atoms with Gasteiger partial charge >= 0.3 is 18.7 Å². The molecule has 2 rings (SSSR count). The maximum atomic E-state index is 11.3. The normalized spacial score (nSPS) is 13.7. The number of H-pyrrole nitrogens is 2. The summed E-state index contributed by atoms with van der Waals surface area (Å²) in [7, 11) is -4.32. The van der Waals surface area contributed by atoms with Crippen molar-refractivity contribution in [3.05, 3.63) is 44.5 Å². The highest BCUT2D eigenvalue weighted by molar-refractivity contribution is 7.52. The van der Waals surface area contributed by atoms with Gasteiger partial charge in [-0.2, -0.15) is 0 Å². The van der Waals surface area contributed by atoms with Gasteiger partial charge in [-0.3, -0.25) is 14.2 Å². The lowest BCUT2D eigenvalue weighted by molar-refractivity contribution is 0.362. The van der Waals surface area contributed by atoms with Crippen molar-refractivity contribution in [1.82, 2.24) is 9.97 Å². The molecule has 2 aromatic rings. The van der Waals surface area contributed by atoms with Crippen molar-refractivity contribution in [2.45, 2.75) is 12.6 Å². The van der Waals surface area contributed by atoms with Crippen molar-refractivity contribution < 1.29 is 14.4 Å². The van der Waals surface area contributed by atoms with Crippen LogP contribution in [0.3, 0.4) is 0 Å². The monoisotopic (exact) mass is 270 g/mol. The fourth-order valence-corrected chi connectivity index (χ4v) is 2.27. The smallest absolute Gasteiger partial charge is 0.324 e. The molecule has 1 aromatic heterocycles. The minimum atomic E-state index is -4.32. The summed E-state index contributed by atoms with van der Waals surface area (Å²) in [5.41, 5.74) is -1.87. The topological polar surface area (TPSA) is 123 Å². The number of nitrogens with one attached hydrogen (secondary N) is 2. The number of para-hydroxylation sites is 1. The zero-order valence-corrected chi connectivity index (χ0v) is 10.3. The molecule has 0 radical (unpaired) electrons. The van der Waals surface area contributed by atoms with Crippen molar-refractivity contribution in [3.63, 3.8) is 0 Å². The Kier molecular flexibility index (Phi) is 2.98. The van der Waals surface area contributed by atoms with Crippen molar-refractivity contribution in [2.75, 3.05) is 0 Å². The summed E-state index contributed by atoms with van der Waals surface area (Å²) in [6, 6.07) is 4.60. The summed E-state index contributed by atoms with van der Waals surface area (Å²) < 4.78 is 11.3. The molecular formula is C10H11N2O5P. The quantitative estimate of drug-likeness (QED) is 0.466. The number of aromatic nitrogens is 2. The third-order valence-electron chi connectivity index (χ3n) is 2.74. The number of benzene rings is 1. The van der Waals surface area contributed by atoms with Gasteiger partial charge in [0.2, 0.25) is 0 Å². The van der Waals surface area contributed by atoms with Gasteiger partial charge in [0.15, 0.2) is 0 Å². The van der Waals surface area contributed by atoms with E-state index in [9.17, 15) is 23.9 Å². The van der Waals surface area contributed by atoms with Gasteiger partial charge < -0.3 is 19.8 Å². The van der Waals surface area contributed by atoms with Gasteiger partial charge in [-0.1, -0.05) is 12.1 Å². The molecular weight excluding hydrogens is 259 g/mol. The van der Waals surface area contributed by atoms with Crippen LogP contribution in [0.15, 0.2) is 27.8 Å². The lowest BCUT2D eigenvalue weighted by Gasteiger charge is -2.15. The molecule has 4 N–H and O–H groups in total. The molecule has 1 heterocycles. The van der Waals surface area contributed by atoms with Crippen LogP contribution < -0.4 is 11.1 Å². The maximum Gasteiger partial charge on any atom is 0.332 e. The van der Waals surface area contributed by atoms with Crippen molar-refractivity contribution in [3.8, 4) is 0 Å². The van der Waals surface area contributed by atoms with Crippen LogP contribution in [-0.2, 0) is 4.57 Å². The molecule has 7 nitrogen and oxygen atoms in total. The lowest BCUT2D eigenvalue weighted by Crippen LogP contribution is -2.29. The summed E-state index contributed by atoms with van der Waals surface area (Å²) in [4.78, 5) is 45.5. The van der Waals surface area contributed by atoms with Crippen LogP contribution in [0.2, 0.25) is 0 Å². The summed E-state index contributed by atoms with van der Waals surface area (Å²) in [5.74, 6) is 0. The Balaban J connectivity index is 2.81. The number of hydrogen-bond acceptors (Lipinski definition) is 3. The first-order valence-electron chi connectivity index (χ1n) is 5.11. The van der Waals surface area contributed by atoms with Crippen LogP contribution in [0.1, 0.15) is 18.1 Å². The molecule has 0 saturated heterocycles.